The molecule has 0 unspecified atom stereocenters. The predicted octanol–water partition coefficient (Wildman–Crippen LogP) is 4.58. The number of hydrogen-bond donors (Lipinski definition) is 0. The molecule has 6 heteroatoms. The Morgan fingerprint density at radius 1 is 1.15 bits per heavy atom. The summed E-state index contributed by atoms with van der Waals surface area (Å²) in [6, 6.07) is 9.20. The number of fused-ring (bicyclic) bond motifs is 1. The van der Waals surface area contributed by atoms with E-state index < -0.39 is 0 Å². The predicted molar refractivity (Wildman–Crippen MR) is 93.4 cm³/mol. The van der Waals surface area contributed by atoms with E-state index >= 15 is 0 Å². The molecule has 0 aliphatic carbocycles. The Labute approximate surface area is 149 Å². The Kier molecular flexibility index (Phi) is 4.08. The van der Waals surface area contributed by atoms with Gasteiger partial charge >= 0.3 is 5.97 Å². The van der Waals surface area contributed by atoms with E-state index in [9.17, 15) is 4.79 Å². The lowest BCUT2D eigenvalue weighted by Gasteiger charge is -2.02. The highest BCUT2D eigenvalue weighted by Gasteiger charge is 2.15. The van der Waals surface area contributed by atoms with Gasteiger partial charge in [0.2, 0.25) is 5.76 Å². The Balaban J connectivity index is 1.41. The molecule has 132 valence electrons. The first-order valence-corrected chi connectivity index (χ1v) is 8.23. The Morgan fingerprint density at radius 3 is 2.85 bits per heavy atom. The summed E-state index contributed by atoms with van der Waals surface area (Å²) in [6.07, 6.45) is 3.30. The highest BCUT2D eigenvalue weighted by molar-refractivity contribution is 5.88. The van der Waals surface area contributed by atoms with Crippen molar-refractivity contribution in [1.82, 2.24) is 5.16 Å². The van der Waals surface area contributed by atoms with Crippen LogP contribution in [0.1, 0.15) is 22.4 Å². The van der Waals surface area contributed by atoms with Crippen molar-refractivity contribution in [2.75, 3.05) is 0 Å². The lowest BCUT2D eigenvalue weighted by Crippen LogP contribution is -2.07. The first-order chi connectivity index (χ1) is 12.6. The first kappa shape index (κ1) is 16.2. The fraction of sp³-hybridized carbons (Fsp3) is 0.200. The summed E-state index contributed by atoms with van der Waals surface area (Å²) < 4.78 is 21.3. The third kappa shape index (κ3) is 3.01. The van der Waals surface area contributed by atoms with Crippen LogP contribution in [0.25, 0.3) is 22.5 Å². The number of hydrogen-bond acceptors (Lipinski definition) is 6. The van der Waals surface area contributed by atoms with E-state index in [1.54, 1.807) is 30.7 Å². The van der Waals surface area contributed by atoms with Gasteiger partial charge in [0.15, 0.2) is 5.76 Å². The fourth-order valence-corrected chi connectivity index (χ4v) is 2.80. The molecule has 26 heavy (non-hydrogen) atoms. The van der Waals surface area contributed by atoms with Gasteiger partial charge in [-0.25, -0.2) is 0 Å². The summed E-state index contributed by atoms with van der Waals surface area (Å²) in [6.45, 7) is 4.07. The van der Waals surface area contributed by atoms with E-state index in [4.69, 9.17) is 18.1 Å². The molecule has 0 atom stereocenters. The summed E-state index contributed by atoms with van der Waals surface area (Å²) in [5.41, 5.74) is 4.37. The molecular formula is C20H17NO5. The number of nitrogens with zero attached hydrogens (tertiary/aromatic N) is 1. The SMILES string of the molecule is Cc1ccc2c(CC(=O)OCc3cc(-c4ccco4)on3)coc2c1C. The maximum atomic E-state index is 12.2. The van der Waals surface area contributed by atoms with E-state index in [-0.39, 0.29) is 19.0 Å². The van der Waals surface area contributed by atoms with Crippen LogP contribution in [-0.4, -0.2) is 11.1 Å². The molecule has 3 heterocycles. The number of furan rings is 2. The lowest BCUT2D eigenvalue weighted by atomic mass is 10.0. The van der Waals surface area contributed by atoms with Crippen molar-refractivity contribution < 1.29 is 22.9 Å². The number of carbonyl (C=O) groups is 1. The van der Waals surface area contributed by atoms with Crippen molar-refractivity contribution in [1.29, 1.82) is 0 Å². The minimum atomic E-state index is -0.353. The smallest absolute Gasteiger partial charge is 0.310 e. The van der Waals surface area contributed by atoms with Gasteiger partial charge in [-0.3, -0.25) is 4.79 Å². The van der Waals surface area contributed by atoms with Gasteiger partial charge in [-0.05, 0) is 37.1 Å². The zero-order valence-corrected chi connectivity index (χ0v) is 14.4. The van der Waals surface area contributed by atoms with Gasteiger partial charge in [0, 0.05) is 17.0 Å². The second-order valence-electron chi connectivity index (χ2n) is 6.14. The van der Waals surface area contributed by atoms with Crippen LogP contribution in [0.2, 0.25) is 0 Å². The van der Waals surface area contributed by atoms with Crippen LogP contribution < -0.4 is 0 Å². The van der Waals surface area contributed by atoms with Gasteiger partial charge in [0.1, 0.15) is 17.9 Å². The quantitative estimate of drug-likeness (QED) is 0.490. The minimum Gasteiger partial charge on any atom is -0.464 e. The number of aryl methyl sites for hydroxylation is 2. The lowest BCUT2D eigenvalue weighted by molar-refractivity contribution is -0.144. The van der Waals surface area contributed by atoms with E-state index in [0.717, 1.165) is 27.7 Å². The average molecular weight is 351 g/mol. The summed E-state index contributed by atoms with van der Waals surface area (Å²) in [7, 11) is 0. The molecule has 4 aromatic rings. The topological polar surface area (TPSA) is 78.6 Å². The minimum absolute atomic E-state index is 0.0387. The third-order valence-corrected chi connectivity index (χ3v) is 4.38. The molecule has 0 aliphatic rings. The van der Waals surface area contributed by atoms with Crippen molar-refractivity contribution in [3.63, 3.8) is 0 Å². The maximum absolute atomic E-state index is 12.2. The van der Waals surface area contributed by atoms with Crippen molar-refractivity contribution >= 4 is 16.9 Å². The molecule has 0 spiro atoms. The highest BCUT2D eigenvalue weighted by atomic mass is 16.5. The van der Waals surface area contributed by atoms with E-state index in [2.05, 4.69) is 5.16 Å². The number of ether oxygens (including phenoxy) is 1. The van der Waals surface area contributed by atoms with Gasteiger partial charge < -0.3 is 18.1 Å². The number of aromatic nitrogens is 1. The van der Waals surface area contributed by atoms with Crippen molar-refractivity contribution in [3.05, 3.63) is 65.2 Å². The molecule has 0 aliphatic heterocycles. The number of esters is 1. The first-order valence-electron chi connectivity index (χ1n) is 8.23. The monoisotopic (exact) mass is 351 g/mol. The summed E-state index contributed by atoms with van der Waals surface area (Å²) >= 11 is 0. The van der Waals surface area contributed by atoms with Gasteiger partial charge in [-0.1, -0.05) is 17.3 Å². The molecule has 0 saturated carbocycles. The van der Waals surface area contributed by atoms with Crippen LogP contribution in [0.3, 0.4) is 0 Å². The summed E-state index contributed by atoms with van der Waals surface area (Å²) in [5, 5.41) is 4.82. The van der Waals surface area contributed by atoms with Gasteiger partial charge in [0.25, 0.3) is 0 Å². The molecule has 0 amide bonds. The molecule has 0 N–H and O–H groups in total. The summed E-state index contributed by atoms with van der Waals surface area (Å²) in [5.74, 6) is 0.715. The maximum Gasteiger partial charge on any atom is 0.310 e. The van der Waals surface area contributed by atoms with Crippen LogP contribution in [-0.2, 0) is 22.6 Å². The largest absolute Gasteiger partial charge is 0.464 e. The fourth-order valence-electron chi connectivity index (χ4n) is 2.80. The van der Waals surface area contributed by atoms with Crippen molar-refractivity contribution in [2.45, 2.75) is 26.9 Å². The summed E-state index contributed by atoms with van der Waals surface area (Å²) in [4.78, 5) is 12.2. The second kappa shape index (κ2) is 6.55. The van der Waals surface area contributed by atoms with Gasteiger partial charge in [0.05, 0.1) is 18.9 Å². The Bertz CT molecular complexity index is 1060. The van der Waals surface area contributed by atoms with Crippen LogP contribution in [0, 0.1) is 13.8 Å². The second-order valence-corrected chi connectivity index (χ2v) is 6.14. The molecule has 1 aromatic carbocycles. The number of carbonyl (C=O) groups excluding carboxylic acids is 1. The molecule has 4 rings (SSSR count). The third-order valence-electron chi connectivity index (χ3n) is 4.38. The van der Waals surface area contributed by atoms with E-state index in [1.165, 1.54) is 0 Å². The zero-order chi connectivity index (χ0) is 18.1. The van der Waals surface area contributed by atoms with Gasteiger partial charge in [-0.2, -0.15) is 0 Å². The van der Waals surface area contributed by atoms with Gasteiger partial charge in [-0.15, -0.1) is 0 Å². The zero-order valence-electron chi connectivity index (χ0n) is 14.4. The molecule has 6 nitrogen and oxygen atoms in total. The number of rotatable bonds is 5. The Morgan fingerprint density at radius 2 is 2.04 bits per heavy atom. The van der Waals surface area contributed by atoms with Crippen LogP contribution in [0.4, 0.5) is 0 Å². The number of benzene rings is 1. The molecule has 0 saturated heterocycles. The van der Waals surface area contributed by atoms with E-state index in [1.807, 2.05) is 26.0 Å². The molecule has 0 bridgehead atoms. The molecular weight excluding hydrogens is 334 g/mol. The Hall–Kier alpha value is -3.28. The van der Waals surface area contributed by atoms with Crippen molar-refractivity contribution in [3.8, 4) is 11.5 Å². The molecule has 3 aromatic heterocycles. The van der Waals surface area contributed by atoms with Crippen LogP contribution in [0.5, 0.6) is 0 Å². The normalized spacial score (nSPS) is 11.2. The van der Waals surface area contributed by atoms with Crippen molar-refractivity contribution in [2.24, 2.45) is 0 Å². The van der Waals surface area contributed by atoms with Crippen LogP contribution in [0.15, 0.2) is 56.2 Å². The van der Waals surface area contributed by atoms with E-state index in [0.29, 0.717) is 17.2 Å². The molecule has 0 fully saturated rings. The average Bonchev–Trinajstić information content (AvgIpc) is 3.36. The standard InChI is InChI=1S/C20H17NO5/c1-12-5-6-16-14(10-25-20(16)13(12)2)8-19(22)24-11-15-9-18(26-21-15)17-4-3-7-23-17/h3-7,9-10H,8,11H2,1-2H3. The highest BCUT2D eigenvalue weighted by Crippen LogP contribution is 2.27. The van der Waals surface area contributed by atoms with Crippen LogP contribution >= 0.6 is 0 Å². The molecule has 0 radical (unpaired) electrons.